The van der Waals surface area contributed by atoms with Gasteiger partial charge in [0.1, 0.15) is 24.2 Å². The van der Waals surface area contributed by atoms with Crippen LogP contribution in [0.15, 0.2) is 4.99 Å². The summed E-state index contributed by atoms with van der Waals surface area (Å²) in [5.41, 5.74) is 27.2. The number of guanidine groups is 1. The van der Waals surface area contributed by atoms with Crippen LogP contribution in [0.25, 0.3) is 0 Å². The molecule has 0 aromatic rings. The van der Waals surface area contributed by atoms with Crippen LogP contribution in [0.4, 0.5) is 0 Å². The molecule has 0 aliphatic heterocycles. The summed E-state index contributed by atoms with van der Waals surface area (Å²) in [7, 11) is -5.16. The minimum Gasteiger partial charge on any atom is -0.370 e. The summed E-state index contributed by atoms with van der Waals surface area (Å²) < 4.78 is 16.3. The normalized spacial score (nSPS) is 15.4. The number of nitrogens with one attached hydrogen (secondary N) is 4. The highest BCUT2D eigenvalue weighted by molar-refractivity contribution is 7.46. The van der Waals surface area contributed by atoms with E-state index in [1.807, 2.05) is 0 Å². The van der Waals surface area contributed by atoms with E-state index in [1.165, 1.54) is 6.92 Å². The quantitative estimate of drug-likeness (QED) is 0.0232. The Kier molecular flexibility index (Phi) is 19.0. The number of nitrogens with two attached hydrogens (primary N) is 5. The Labute approximate surface area is 256 Å². The van der Waals surface area contributed by atoms with Crippen molar-refractivity contribution in [3.05, 3.63) is 0 Å². The molecule has 0 radical (unpaired) electrons. The number of carbonyl (C=O) groups is 5. The third-order valence-electron chi connectivity index (χ3n) is 6.16. The zero-order valence-corrected chi connectivity index (χ0v) is 26.3. The van der Waals surface area contributed by atoms with Crippen LogP contribution in [0.1, 0.15) is 65.7 Å². The highest BCUT2D eigenvalue weighted by Gasteiger charge is 2.36. The molecule has 0 rings (SSSR count). The Bertz CT molecular complexity index is 1040. The van der Waals surface area contributed by atoms with Crippen LogP contribution in [0, 0.1) is 0 Å². The SMILES string of the molecule is CCC[C@@H](NC(=O)[C@H](CCCCN)NC(=O)[C@@H](NC(=O)[C@H](CCCN=C(N)N)NC(=O)[C@H](C)N)[C@@H](C)OP(=O)(O)O)C(N)=O. The number of aliphatic imine (C=N–C) groups is 1. The number of amides is 5. The second-order valence-electron chi connectivity index (χ2n) is 10.2. The Hall–Kier alpha value is -3.35. The molecule has 0 aliphatic rings. The van der Waals surface area contributed by atoms with E-state index in [9.17, 15) is 38.3 Å². The van der Waals surface area contributed by atoms with Crippen LogP contribution in [0.5, 0.6) is 0 Å². The molecule has 0 heterocycles. The van der Waals surface area contributed by atoms with Gasteiger partial charge in [-0.2, -0.15) is 0 Å². The molecule has 20 heteroatoms. The van der Waals surface area contributed by atoms with Crippen LogP contribution in [0.2, 0.25) is 0 Å². The first-order valence-electron chi connectivity index (χ1n) is 14.2. The molecule has 0 aromatic carbocycles. The number of nitrogens with zero attached hydrogens (tertiary/aromatic N) is 1. The number of phosphoric ester groups is 1. The molecule has 0 fully saturated rings. The maximum absolute atomic E-state index is 13.5. The molecule has 0 bridgehead atoms. The summed E-state index contributed by atoms with van der Waals surface area (Å²) >= 11 is 0. The standard InChI is InChI=1S/C24H49N10O9P/c1-4-8-15(19(27)35)31-21(37)16(9-5-6-11-25)33-23(39)18(14(3)43-44(40,41)42)34-22(38)17(32-20(36)13(2)26)10-7-12-30-24(28)29/h13-18H,4-12,25-26H2,1-3H3,(H2,27,35)(H,31,37)(H,32,36)(H,33,39)(H,34,38)(H4,28,29,30)(H2,40,41,42)/t13-,14+,15+,16-,17-,18-/m0/s1. The van der Waals surface area contributed by atoms with Crippen molar-refractivity contribution in [3.8, 4) is 0 Å². The van der Waals surface area contributed by atoms with Crippen LogP contribution in [-0.2, 0) is 33.1 Å². The lowest BCUT2D eigenvalue weighted by Gasteiger charge is -2.29. The predicted molar refractivity (Wildman–Crippen MR) is 161 cm³/mol. The number of hydrogen-bond acceptors (Lipinski definition) is 10. The van der Waals surface area contributed by atoms with E-state index in [4.69, 9.17) is 28.7 Å². The van der Waals surface area contributed by atoms with Crippen LogP contribution < -0.4 is 49.9 Å². The molecule has 0 saturated carbocycles. The van der Waals surface area contributed by atoms with Crippen molar-refractivity contribution in [2.75, 3.05) is 13.1 Å². The fourth-order valence-corrected chi connectivity index (χ4v) is 4.43. The van der Waals surface area contributed by atoms with Gasteiger partial charge >= 0.3 is 7.82 Å². The van der Waals surface area contributed by atoms with Gasteiger partial charge in [0.2, 0.25) is 29.5 Å². The van der Waals surface area contributed by atoms with Crippen molar-refractivity contribution in [3.63, 3.8) is 0 Å². The smallest absolute Gasteiger partial charge is 0.370 e. The van der Waals surface area contributed by atoms with Gasteiger partial charge in [0.25, 0.3) is 0 Å². The van der Waals surface area contributed by atoms with Gasteiger partial charge in [-0.3, -0.25) is 33.5 Å². The molecule has 44 heavy (non-hydrogen) atoms. The van der Waals surface area contributed by atoms with E-state index >= 15 is 0 Å². The zero-order chi connectivity index (χ0) is 34.0. The molecular weight excluding hydrogens is 603 g/mol. The van der Waals surface area contributed by atoms with Gasteiger partial charge in [0.15, 0.2) is 5.96 Å². The average Bonchev–Trinajstić information content (AvgIpc) is 2.90. The minimum atomic E-state index is -5.16. The average molecular weight is 653 g/mol. The maximum Gasteiger partial charge on any atom is 0.469 e. The Balaban J connectivity index is 6.21. The van der Waals surface area contributed by atoms with E-state index in [2.05, 4.69) is 30.8 Å². The molecule has 0 saturated heterocycles. The third kappa shape index (κ3) is 17.1. The highest BCUT2D eigenvalue weighted by atomic mass is 31.2. The van der Waals surface area contributed by atoms with Crippen molar-refractivity contribution in [1.82, 2.24) is 21.3 Å². The first-order chi connectivity index (χ1) is 20.4. The van der Waals surface area contributed by atoms with E-state index in [-0.39, 0.29) is 38.2 Å². The molecule has 6 atom stereocenters. The molecule has 254 valence electrons. The zero-order valence-electron chi connectivity index (χ0n) is 25.4. The van der Waals surface area contributed by atoms with Gasteiger partial charge in [-0.1, -0.05) is 13.3 Å². The minimum absolute atomic E-state index is 0.0147. The van der Waals surface area contributed by atoms with Crippen molar-refractivity contribution in [2.45, 2.75) is 102 Å². The second-order valence-corrected chi connectivity index (χ2v) is 11.4. The summed E-state index contributed by atoms with van der Waals surface area (Å²) in [5, 5.41) is 9.72. The van der Waals surface area contributed by atoms with E-state index in [1.54, 1.807) is 6.92 Å². The molecular formula is C24H49N10O9P. The molecule has 5 amide bonds. The van der Waals surface area contributed by atoms with E-state index in [0.717, 1.165) is 6.92 Å². The second kappa shape index (κ2) is 20.6. The number of primary amides is 1. The number of rotatable bonds is 22. The Morgan fingerprint density at radius 2 is 1.32 bits per heavy atom. The molecule has 19 nitrogen and oxygen atoms in total. The number of carbonyl (C=O) groups excluding carboxylic acids is 5. The first-order valence-corrected chi connectivity index (χ1v) is 15.7. The summed E-state index contributed by atoms with van der Waals surface area (Å²) in [4.78, 5) is 86.5. The van der Waals surface area contributed by atoms with Gasteiger partial charge in [-0.05, 0) is 58.9 Å². The van der Waals surface area contributed by atoms with Crippen LogP contribution >= 0.6 is 7.82 Å². The Morgan fingerprint density at radius 1 is 0.795 bits per heavy atom. The fourth-order valence-electron chi connectivity index (χ4n) is 3.87. The molecule has 0 aliphatic carbocycles. The molecule has 0 unspecified atom stereocenters. The first kappa shape index (κ1) is 40.6. The largest absolute Gasteiger partial charge is 0.469 e. The van der Waals surface area contributed by atoms with Gasteiger partial charge < -0.3 is 59.7 Å². The van der Waals surface area contributed by atoms with Gasteiger partial charge in [-0.25, -0.2) is 4.57 Å². The third-order valence-corrected chi connectivity index (χ3v) is 6.77. The van der Waals surface area contributed by atoms with Crippen molar-refractivity contribution in [2.24, 2.45) is 33.7 Å². The van der Waals surface area contributed by atoms with E-state index in [0.29, 0.717) is 25.8 Å². The van der Waals surface area contributed by atoms with Gasteiger partial charge in [0, 0.05) is 6.54 Å². The summed E-state index contributed by atoms with van der Waals surface area (Å²) in [6.45, 7) is 4.68. The molecule has 0 spiro atoms. The van der Waals surface area contributed by atoms with E-state index < -0.39 is 73.7 Å². The van der Waals surface area contributed by atoms with Gasteiger partial charge in [-0.15, -0.1) is 0 Å². The van der Waals surface area contributed by atoms with Crippen molar-refractivity contribution >= 4 is 43.3 Å². The van der Waals surface area contributed by atoms with Crippen molar-refractivity contribution < 1.29 is 42.8 Å². The van der Waals surface area contributed by atoms with Crippen LogP contribution in [-0.4, -0.2) is 94.7 Å². The summed E-state index contributed by atoms with van der Waals surface area (Å²) in [5.74, 6) is -4.38. The number of hydrogen-bond donors (Lipinski definition) is 11. The number of unbranched alkanes of at least 4 members (excludes halogenated alkanes) is 1. The lowest BCUT2D eigenvalue weighted by Crippen LogP contribution is -2.61. The summed E-state index contributed by atoms with van der Waals surface area (Å²) in [6, 6.07) is -6.29. The fraction of sp³-hybridized carbons (Fsp3) is 0.750. The van der Waals surface area contributed by atoms with Crippen LogP contribution in [0.3, 0.4) is 0 Å². The predicted octanol–water partition coefficient (Wildman–Crippen LogP) is -3.76. The van der Waals surface area contributed by atoms with Gasteiger partial charge in [0.05, 0.1) is 12.1 Å². The summed E-state index contributed by atoms with van der Waals surface area (Å²) in [6.07, 6.45) is 0.283. The number of phosphoric acid groups is 1. The maximum atomic E-state index is 13.5. The highest BCUT2D eigenvalue weighted by Crippen LogP contribution is 2.38. The molecule has 16 N–H and O–H groups in total. The Morgan fingerprint density at radius 3 is 1.80 bits per heavy atom. The lowest BCUT2D eigenvalue weighted by atomic mass is 10.0. The molecule has 0 aromatic heterocycles. The lowest BCUT2D eigenvalue weighted by molar-refractivity contribution is -0.136. The van der Waals surface area contributed by atoms with Crippen molar-refractivity contribution in [1.29, 1.82) is 0 Å². The topological polar surface area (TPSA) is 343 Å². The monoisotopic (exact) mass is 652 g/mol.